The van der Waals surface area contributed by atoms with Crippen molar-refractivity contribution in [2.45, 2.75) is 25.7 Å². The fourth-order valence-corrected chi connectivity index (χ4v) is 2.24. The Kier molecular flexibility index (Phi) is 5.04. The molecule has 110 valence electrons. The second-order valence-electron chi connectivity index (χ2n) is 4.87. The molecule has 21 heavy (non-hydrogen) atoms. The highest BCUT2D eigenvalue weighted by Gasteiger charge is 2.20. The molecule has 0 spiro atoms. The summed E-state index contributed by atoms with van der Waals surface area (Å²) in [4.78, 5) is 12.4. The topological polar surface area (TPSA) is 29.1 Å². The van der Waals surface area contributed by atoms with E-state index in [0.29, 0.717) is 6.42 Å². The van der Waals surface area contributed by atoms with Gasteiger partial charge in [0.25, 0.3) is 0 Å². The highest BCUT2D eigenvalue weighted by Crippen LogP contribution is 2.24. The third kappa shape index (κ3) is 3.88. The molecule has 0 saturated carbocycles. The van der Waals surface area contributed by atoms with Crippen LogP contribution in [0.15, 0.2) is 48.5 Å². The zero-order chi connectivity index (χ0) is 15.2. The Morgan fingerprint density at radius 1 is 1.14 bits per heavy atom. The van der Waals surface area contributed by atoms with Gasteiger partial charge in [0, 0.05) is 6.07 Å². The predicted molar refractivity (Wildman–Crippen MR) is 79.1 cm³/mol. The molecule has 1 N–H and O–H groups in total. The quantitative estimate of drug-likeness (QED) is 0.863. The van der Waals surface area contributed by atoms with Gasteiger partial charge in [0.1, 0.15) is 11.6 Å². The molecule has 0 aromatic heterocycles. The van der Waals surface area contributed by atoms with E-state index in [1.54, 1.807) is 0 Å². The average Bonchev–Trinajstić information content (AvgIpc) is 2.49. The van der Waals surface area contributed by atoms with Crippen molar-refractivity contribution in [2.24, 2.45) is 0 Å². The fourth-order valence-electron chi connectivity index (χ4n) is 2.24. The maximum Gasteiger partial charge on any atom is 0.231 e. The summed E-state index contributed by atoms with van der Waals surface area (Å²) in [5.74, 6) is -1.93. The van der Waals surface area contributed by atoms with E-state index in [1.165, 1.54) is 0 Å². The number of carbonyl (C=O) groups is 1. The monoisotopic (exact) mass is 289 g/mol. The van der Waals surface area contributed by atoms with Gasteiger partial charge < -0.3 is 5.32 Å². The van der Waals surface area contributed by atoms with E-state index in [0.717, 1.165) is 30.2 Å². The van der Waals surface area contributed by atoms with Crippen LogP contribution < -0.4 is 5.32 Å². The molecule has 0 fully saturated rings. The zero-order valence-corrected chi connectivity index (χ0v) is 11.8. The van der Waals surface area contributed by atoms with Gasteiger partial charge in [-0.1, -0.05) is 43.7 Å². The number of halogens is 2. The minimum atomic E-state index is -0.645. The van der Waals surface area contributed by atoms with Crippen LogP contribution in [0.5, 0.6) is 0 Å². The Balaban J connectivity index is 2.21. The Bertz CT molecular complexity index is 613. The summed E-state index contributed by atoms with van der Waals surface area (Å²) in [6.07, 6.45) is 1.46. The van der Waals surface area contributed by atoms with E-state index in [4.69, 9.17) is 0 Å². The van der Waals surface area contributed by atoms with Crippen LogP contribution in [0.2, 0.25) is 0 Å². The lowest BCUT2D eigenvalue weighted by atomic mass is 9.93. The van der Waals surface area contributed by atoms with Gasteiger partial charge in [-0.15, -0.1) is 0 Å². The van der Waals surface area contributed by atoms with E-state index in [2.05, 4.69) is 5.32 Å². The van der Waals surface area contributed by atoms with Crippen molar-refractivity contribution in [3.8, 4) is 0 Å². The Morgan fingerprint density at radius 2 is 1.86 bits per heavy atom. The van der Waals surface area contributed by atoms with E-state index in [9.17, 15) is 13.6 Å². The van der Waals surface area contributed by atoms with Gasteiger partial charge in [0.15, 0.2) is 0 Å². The molecule has 2 aromatic rings. The van der Waals surface area contributed by atoms with Gasteiger partial charge >= 0.3 is 0 Å². The molecular formula is C17H17F2NO. The minimum Gasteiger partial charge on any atom is -0.323 e. The lowest BCUT2D eigenvalue weighted by molar-refractivity contribution is -0.117. The summed E-state index contributed by atoms with van der Waals surface area (Å²) in [6.45, 7) is 1.98. The van der Waals surface area contributed by atoms with Crippen LogP contribution >= 0.6 is 0 Å². The number of hydrogen-bond acceptors (Lipinski definition) is 1. The second kappa shape index (κ2) is 6.97. The maximum atomic E-state index is 13.6. The van der Waals surface area contributed by atoms with Crippen LogP contribution in [0.1, 0.15) is 31.2 Å². The first-order valence-corrected chi connectivity index (χ1v) is 6.92. The SMILES string of the molecule is CCC[C@@H](C(=O)Nc1cc(F)ccc1F)c1ccccc1. The van der Waals surface area contributed by atoms with Crippen molar-refractivity contribution >= 4 is 11.6 Å². The summed E-state index contributed by atoms with van der Waals surface area (Å²) in [5.41, 5.74) is 0.741. The molecule has 2 nitrogen and oxygen atoms in total. The lowest BCUT2D eigenvalue weighted by Crippen LogP contribution is -2.21. The number of anilines is 1. The van der Waals surface area contributed by atoms with Crippen LogP contribution in [0.3, 0.4) is 0 Å². The summed E-state index contributed by atoms with van der Waals surface area (Å²) in [6, 6.07) is 12.3. The number of benzene rings is 2. The highest BCUT2D eigenvalue weighted by molar-refractivity contribution is 5.95. The zero-order valence-electron chi connectivity index (χ0n) is 11.8. The van der Waals surface area contributed by atoms with Crippen LogP contribution in [-0.4, -0.2) is 5.91 Å². The van der Waals surface area contributed by atoms with E-state index in [-0.39, 0.29) is 17.5 Å². The molecule has 1 atom stereocenters. The maximum absolute atomic E-state index is 13.6. The van der Waals surface area contributed by atoms with Crippen molar-refractivity contribution in [2.75, 3.05) is 5.32 Å². The average molecular weight is 289 g/mol. The molecule has 0 radical (unpaired) electrons. The van der Waals surface area contributed by atoms with E-state index < -0.39 is 11.6 Å². The van der Waals surface area contributed by atoms with Gasteiger partial charge in [-0.2, -0.15) is 0 Å². The first-order valence-electron chi connectivity index (χ1n) is 6.92. The van der Waals surface area contributed by atoms with E-state index >= 15 is 0 Å². The van der Waals surface area contributed by atoms with Crippen LogP contribution in [0.4, 0.5) is 14.5 Å². The molecule has 0 bridgehead atoms. The van der Waals surface area contributed by atoms with Crippen molar-refractivity contribution < 1.29 is 13.6 Å². The number of rotatable bonds is 5. The lowest BCUT2D eigenvalue weighted by Gasteiger charge is -2.17. The first kappa shape index (κ1) is 15.2. The summed E-state index contributed by atoms with van der Waals surface area (Å²) < 4.78 is 26.8. The number of amides is 1. The molecule has 2 aromatic carbocycles. The van der Waals surface area contributed by atoms with Gasteiger partial charge in [0.2, 0.25) is 5.91 Å². The van der Waals surface area contributed by atoms with Crippen molar-refractivity contribution in [1.82, 2.24) is 0 Å². The molecule has 0 aliphatic rings. The smallest absolute Gasteiger partial charge is 0.231 e. The van der Waals surface area contributed by atoms with Crippen LogP contribution in [-0.2, 0) is 4.79 Å². The molecule has 4 heteroatoms. The molecule has 0 saturated heterocycles. The molecule has 1 amide bonds. The Morgan fingerprint density at radius 3 is 2.52 bits per heavy atom. The molecule has 2 rings (SSSR count). The standard InChI is InChI=1S/C17H17F2NO/c1-2-6-14(12-7-4-3-5-8-12)17(21)20-16-11-13(18)9-10-15(16)19/h3-5,7-11,14H,2,6H2,1H3,(H,20,21)/t14-/m1/s1. The number of carbonyl (C=O) groups excluding carboxylic acids is 1. The Labute approximate surface area is 122 Å². The third-order valence-corrected chi connectivity index (χ3v) is 3.28. The van der Waals surface area contributed by atoms with Crippen LogP contribution in [0, 0.1) is 11.6 Å². The Hall–Kier alpha value is -2.23. The number of hydrogen-bond donors (Lipinski definition) is 1. The summed E-state index contributed by atoms with van der Waals surface area (Å²) in [5, 5.41) is 2.48. The van der Waals surface area contributed by atoms with Gasteiger partial charge in [-0.3, -0.25) is 4.79 Å². The van der Waals surface area contributed by atoms with Gasteiger partial charge in [-0.05, 0) is 24.1 Å². The molecule has 0 heterocycles. The first-order chi connectivity index (χ1) is 10.1. The molecule has 0 aliphatic carbocycles. The second-order valence-corrected chi connectivity index (χ2v) is 4.87. The largest absolute Gasteiger partial charge is 0.323 e. The van der Waals surface area contributed by atoms with Gasteiger partial charge in [0.05, 0.1) is 11.6 Å². The predicted octanol–water partition coefficient (Wildman–Crippen LogP) is 4.49. The number of nitrogens with one attached hydrogen (secondary N) is 1. The van der Waals surface area contributed by atoms with Crippen molar-refractivity contribution in [1.29, 1.82) is 0 Å². The highest BCUT2D eigenvalue weighted by atomic mass is 19.1. The summed E-state index contributed by atoms with van der Waals surface area (Å²) >= 11 is 0. The van der Waals surface area contributed by atoms with Gasteiger partial charge in [-0.25, -0.2) is 8.78 Å². The van der Waals surface area contributed by atoms with Crippen molar-refractivity contribution in [3.05, 3.63) is 65.7 Å². The van der Waals surface area contributed by atoms with E-state index in [1.807, 2.05) is 37.3 Å². The summed E-state index contributed by atoms with van der Waals surface area (Å²) in [7, 11) is 0. The molecule has 0 aliphatic heterocycles. The normalized spacial score (nSPS) is 12.0. The molecular weight excluding hydrogens is 272 g/mol. The van der Waals surface area contributed by atoms with Crippen LogP contribution in [0.25, 0.3) is 0 Å². The molecule has 0 unspecified atom stereocenters. The van der Waals surface area contributed by atoms with Crippen molar-refractivity contribution in [3.63, 3.8) is 0 Å². The minimum absolute atomic E-state index is 0.128. The fraction of sp³-hybridized carbons (Fsp3) is 0.235. The third-order valence-electron chi connectivity index (χ3n) is 3.28.